The van der Waals surface area contributed by atoms with E-state index in [1.165, 1.54) is 17.7 Å². The normalized spacial score (nSPS) is 15.4. The predicted octanol–water partition coefficient (Wildman–Crippen LogP) is 3.98. The smallest absolute Gasteiger partial charge is 0.256 e. The molecule has 3 rings (SSSR count). The zero-order valence-corrected chi connectivity index (χ0v) is 12.2. The van der Waals surface area contributed by atoms with E-state index in [1.807, 2.05) is 12.1 Å². The van der Waals surface area contributed by atoms with Gasteiger partial charge in [-0.2, -0.15) is 0 Å². The number of hydrogen-bond donors (Lipinski definition) is 1. The van der Waals surface area contributed by atoms with Gasteiger partial charge in [-0.3, -0.25) is 9.78 Å². The van der Waals surface area contributed by atoms with Gasteiger partial charge in [-0.15, -0.1) is 11.3 Å². The fourth-order valence-corrected chi connectivity index (χ4v) is 3.27. The summed E-state index contributed by atoms with van der Waals surface area (Å²) in [6, 6.07) is 6.07. The van der Waals surface area contributed by atoms with Crippen LogP contribution in [0.25, 0.3) is 11.6 Å². The number of aromatic nitrogens is 1. The number of rotatable bonds is 4. The summed E-state index contributed by atoms with van der Waals surface area (Å²) in [4.78, 5) is 18.6. The van der Waals surface area contributed by atoms with Gasteiger partial charge >= 0.3 is 0 Å². The van der Waals surface area contributed by atoms with Crippen molar-refractivity contribution in [2.24, 2.45) is 0 Å². The monoisotopic (exact) mass is 284 g/mol. The maximum absolute atomic E-state index is 12.0. The van der Waals surface area contributed by atoms with E-state index in [-0.39, 0.29) is 5.91 Å². The molecule has 3 nitrogen and oxygen atoms in total. The minimum atomic E-state index is -0.0449. The highest BCUT2D eigenvalue weighted by Gasteiger charge is 2.23. The van der Waals surface area contributed by atoms with Crippen LogP contribution < -0.4 is 5.32 Å². The highest BCUT2D eigenvalue weighted by Crippen LogP contribution is 2.33. The van der Waals surface area contributed by atoms with Crippen LogP contribution in [0.15, 0.2) is 30.6 Å². The van der Waals surface area contributed by atoms with Gasteiger partial charge in [-0.05, 0) is 37.1 Å². The summed E-state index contributed by atoms with van der Waals surface area (Å²) in [5.41, 5.74) is 2.44. The summed E-state index contributed by atoms with van der Waals surface area (Å²) in [6.07, 6.45) is 8.93. The Balaban J connectivity index is 1.88. The number of carbonyl (C=O) groups excluding carboxylic acids is 1. The van der Waals surface area contributed by atoms with Crippen LogP contribution in [-0.4, -0.2) is 10.9 Å². The van der Waals surface area contributed by atoms with Crippen molar-refractivity contribution in [2.45, 2.75) is 26.2 Å². The van der Waals surface area contributed by atoms with E-state index >= 15 is 0 Å². The summed E-state index contributed by atoms with van der Waals surface area (Å²) < 4.78 is 0. The number of aryl methyl sites for hydroxylation is 1. The average Bonchev–Trinajstić information content (AvgIpc) is 3.02. The molecule has 1 aliphatic heterocycles. The molecule has 0 atom stereocenters. The number of anilines is 1. The number of fused-ring (bicyclic) bond motifs is 1. The zero-order chi connectivity index (χ0) is 13.9. The number of nitrogens with zero attached hydrogens (tertiary/aromatic N) is 1. The van der Waals surface area contributed by atoms with Gasteiger partial charge < -0.3 is 5.32 Å². The van der Waals surface area contributed by atoms with Crippen LogP contribution in [0, 0.1) is 0 Å². The molecule has 0 radical (unpaired) electrons. The fraction of sp³-hybridized carbons (Fsp3) is 0.250. The Kier molecular flexibility index (Phi) is 3.65. The Bertz CT molecular complexity index is 673. The maximum atomic E-state index is 12.0. The molecule has 1 amide bonds. The molecule has 2 aromatic rings. The van der Waals surface area contributed by atoms with Crippen molar-refractivity contribution >= 4 is 34.6 Å². The third-order valence-corrected chi connectivity index (χ3v) is 4.44. The zero-order valence-electron chi connectivity index (χ0n) is 11.3. The highest BCUT2D eigenvalue weighted by molar-refractivity contribution is 7.13. The molecule has 102 valence electrons. The van der Waals surface area contributed by atoms with Crippen LogP contribution in [0.4, 0.5) is 5.69 Å². The van der Waals surface area contributed by atoms with Crippen LogP contribution in [0.2, 0.25) is 0 Å². The molecule has 20 heavy (non-hydrogen) atoms. The number of nitrogens with one attached hydrogen (secondary N) is 1. The van der Waals surface area contributed by atoms with Crippen LogP contribution in [0.5, 0.6) is 0 Å². The summed E-state index contributed by atoms with van der Waals surface area (Å²) in [7, 11) is 0. The predicted molar refractivity (Wildman–Crippen MR) is 83.7 cm³/mol. The minimum Gasteiger partial charge on any atom is -0.321 e. The largest absolute Gasteiger partial charge is 0.321 e. The lowest BCUT2D eigenvalue weighted by Gasteiger charge is -1.95. The van der Waals surface area contributed by atoms with Gasteiger partial charge in [0, 0.05) is 27.7 Å². The standard InChI is InChI=1S/C16H16N2OS/c1-2-3-4-11-5-6-12(20-11)9-13-14-10-17-8-7-15(14)18-16(13)19/h5-10H,2-4H2,1H3,(H,18,19). The van der Waals surface area contributed by atoms with E-state index in [0.717, 1.165) is 22.5 Å². The first-order valence-electron chi connectivity index (χ1n) is 6.84. The van der Waals surface area contributed by atoms with Gasteiger partial charge in [-0.25, -0.2) is 0 Å². The van der Waals surface area contributed by atoms with Gasteiger partial charge in [0.05, 0.1) is 11.3 Å². The topological polar surface area (TPSA) is 42.0 Å². The Hall–Kier alpha value is -1.94. The van der Waals surface area contributed by atoms with Gasteiger partial charge in [0.2, 0.25) is 0 Å². The molecule has 0 fully saturated rings. The maximum Gasteiger partial charge on any atom is 0.256 e. The van der Waals surface area contributed by atoms with Crippen molar-refractivity contribution in [2.75, 3.05) is 5.32 Å². The number of amides is 1. The molecule has 1 aliphatic rings. The summed E-state index contributed by atoms with van der Waals surface area (Å²) in [5, 5.41) is 2.87. The van der Waals surface area contributed by atoms with Crippen LogP contribution in [0.1, 0.15) is 35.1 Å². The minimum absolute atomic E-state index is 0.0449. The molecule has 0 bridgehead atoms. The van der Waals surface area contributed by atoms with E-state index in [4.69, 9.17) is 0 Å². The summed E-state index contributed by atoms with van der Waals surface area (Å²) in [5.74, 6) is -0.0449. The van der Waals surface area contributed by atoms with E-state index in [9.17, 15) is 4.79 Å². The second-order valence-corrected chi connectivity index (χ2v) is 6.04. The third kappa shape index (κ3) is 2.51. The van der Waals surface area contributed by atoms with Crippen molar-refractivity contribution in [3.63, 3.8) is 0 Å². The lowest BCUT2D eigenvalue weighted by Crippen LogP contribution is -2.03. The van der Waals surface area contributed by atoms with Crippen molar-refractivity contribution in [3.8, 4) is 0 Å². The number of unbranched alkanes of at least 4 members (excludes halogenated alkanes) is 1. The molecule has 2 aromatic heterocycles. The van der Waals surface area contributed by atoms with Gasteiger partial charge in [0.1, 0.15) is 0 Å². The molecule has 0 saturated carbocycles. The van der Waals surface area contributed by atoms with E-state index in [2.05, 4.69) is 29.4 Å². The third-order valence-electron chi connectivity index (χ3n) is 3.35. The molecule has 0 aromatic carbocycles. The SMILES string of the molecule is CCCCc1ccc(C=C2C(=O)Nc3ccncc32)s1. The van der Waals surface area contributed by atoms with Crippen LogP contribution >= 0.6 is 11.3 Å². The van der Waals surface area contributed by atoms with Crippen LogP contribution in [-0.2, 0) is 11.2 Å². The quantitative estimate of drug-likeness (QED) is 0.863. The fourth-order valence-electron chi connectivity index (χ4n) is 2.27. The Morgan fingerprint density at radius 2 is 2.25 bits per heavy atom. The Labute approximate surface area is 122 Å². The molecular weight excluding hydrogens is 268 g/mol. The number of pyridine rings is 1. The Morgan fingerprint density at radius 3 is 3.10 bits per heavy atom. The molecule has 0 unspecified atom stereocenters. The number of hydrogen-bond acceptors (Lipinski definition) is 3. The molecular formula is C16H16N2OS. The first-order valence-corrected chi connectivity index (χ1v) is 7.65. The van der Waals surface area contributed by atoms with Crippen molar-refractivity contribution in [3.05, 3.63) is 45.9 Å². The number of carbonyl (C=O) groups is 1. The molecule has 0 saturated heterocycles. The van der Waals surface area contributed by atoms with Crippen molar-refractivity contribution < 1.29 is 4.79 Å². The van der Waals surface area contributed by atoms with Gasteiger partial charge in [0.15, 0.2) is 0 Å². The lowest BCUT2D eigenvalue weighted by molar-refractivity contribution is -0.110. The summed E-state index contributed by atoms with van der Waals surface area (Å²) in [6.45, 7) is 2.20. The molecule has 0 aliphatic carbocycles. The van der Waals surface area contributed by atoms with Gasteiger partial charge in [-0.1, -0.05) is 13.3 Å². The number of thiophene rings is 1. The second kappa shape index (κ2) is 5.59. The molecule has 1 N–H and O–H groups in total. The van der Waals surface area contributed by atoms with Crippen molar-refractivity contribution in [1.29, 1.82) is 0 Å². The van der Waals surface area contributed by atoms with E-state index < -0.39 is 0 Å². The lowest BCUT2D eigenvalue weighted by atomic mass is 10.1. The highest BCUT2D eigenvalue weighted by atomic mass is 32.1. The first kappa shape index (κ1) is 13.1. The van der Waals surface area contributed by atoms with E-state index in [1.54, 1.807) is 23.7 Å². The van der Waals surface area contributed by atoms with Gasteiger partial charge in [0.25, 0.3) is 5.91 Å². The summed E-state index contributed by atoms with van der Waals surface area (Å²) >= 11 is 1.76. The molecule has 4 heteroatoms. The first-order chi connectivity index (χ1) is 9.78. The second-order valence-electron chi connectivity index (χ2n) is 4.84. The van der Waals surface area contributed by atoms with Crippen molar-refractivity contribution in [1.82, 2.24) is 4.98 Å². The average molecular weight is 284 g/mol. The van der Waals surface area contributed by atoms with Crippen LogP contribution in [0.3, 0.4) is 0 Å². The molecule has 0 spiro atoms. The Morgan fingerprint density at radius 1 is 1.35 bits per heavy atom. The molecule has 3 heterocycles. The van der Waals surface area contributed by atoms with E-state index in [0.29, 0.717) is 5.57 Å².